The van der Waals surface area contributed by atoms with Crippen molar-refractivity contribution < 1.29 is 4.79 Å². The van der Waals surface area contributed by atoms with E-state index in [0.717, 1.165) is 6.42 Å². The smallest absolute Gasteiger partial charge is 0.239 e. The van der Waals surface area contributed by atoms with Crippen molar-refractivity contribution in [2.75, 3.05) is 7.05 Å². The van der Waals surface area contributed by atoms with Gasteiger partial charge in [0.05, 0.1) is 12.1 Å². The standard InChI is InChI=1S/C9H12N2OS/c1-11-7(5-6(10)9(11)12)8-3-2-4-13-8/h2-4,6-7H,5,10H2,1H3/t6-,7-/m1/s1. The van der Waals surface area contributed by atoms with Gasteiger partial charge in [-0.1, -0.05) is 6.07 Å². The van der Waals surface area contributed by atoms with Gasteiger partial charge in [0, 0.05) is 11.9 Å². The van der Waals surface area contributed by atoms with Crippen LogP contribution >= 0.6 is 11.3 Å². The van der Waals surface area contributed by atoms with E-state index < -0.39 is 0 Å². The summed E-state index contributed by atoms with van der Waals surface area (Å²) >= 11 is 1.68. The Hall–Kier alpha value is -0.870. The number of carbonyl (C=O) groups is 1. The molecular weight excluding hydrogens is 184 g/mol. The fourth-order valence-corrected chi connectivity index (χ4v) is 2.59. The largest absolute Gasteiger partial charge is 0.336 e. The van der Waals surface area contributed by atoms with Crippen molar-refractivity contribution >= 4 is 17.2 Å². The molecule has 1 aliphatic rings. The summed E-state index contributed by atoms with van der Waals surface area (Å²) in [6.45, 7) is 0. The first kappa shape index (κ1) is 8.72. The molecule has 2 rings (SSSR count). The van der Waals surface area contributed by atoms with E-state index in [4.69, 9.17) is 5.73 Å². The zero-order valence-electron chi connectivity index (χ0n) is 7.43. The maximum absolute atomic E-state index is 11.4. The highest BCUT2D eigenvalue weighted by atomic mass is 32.1. The van der Waals surface area contributed by atoms with E-state index in [1.54, 1.807) is 16.2 Å². The van der Waals surface area contributed by atoms with Crippen LogP contribution in [0.25, 0.3) is 0 Å². The van der Waals surface area contributed by atoms with Gasteiger partial charge in [-0.2, -0.15) is 0 Å². The maximum Gasteiger partial charge on any atom is 0.239 e. The number of hydrogen-bond donors (Lipinski definition) is 1. The summed E-state index contributed by atoms with van der Waals surface area (Å²) in [5.74, 6) is 0.0541. The summed E-state index contributed by atoms with van der Waals surface area (Å²) in [6.07, 6.45) is 0.746. The molecule has 0 unspecified atom stereocenters. The second-order valence-corrected chi connectivity index (χ2v) is 4.30. The van der Waals surface area contributed by atoms with Crippen LogP contribution in [0.5, 0.6) is 0 Å². The minimum atomic E-state index is -0.308. The van der Waals surface area contributed by atoms with Crippen molar-refractivity contribution in [1.29, 1.82) is 0 Å². The molecule has 0 aromatic carbocycles. The first-order chi connectivity index (χ1) is 6.20. The Morgan fingerprint density at radius 2 is 2.46 bits per heavy atom. The molecule has 1 aromatic rings. The highest BCUT2D eigenvalue weighted by molar-refractivity contribution is 7.10. The van der Waals surface area contributed by atoms with Gasteiger partial charge in [-0.15, -0.1) is 11.3 Å². The third-order valence-electron chi connectivity index (χ3n) is 2.48. The van der Waals surface area contributed by atoms with Gasteiger partial charge in [-0.05, 0) is 17.9 Å². The molecule has 1 saturated heterocycles. The first-order valence-electron chi connectivity index (χ1n) is 4.26. The number of rotatable bonds is 1. The Labute approximate surface area is 81.2 Å². The van der Waals surface area contributed by atoms with Gasteiger partial charge in [0.15, 0.2) is 0 Å². The molecule has 0 aliphatic carbocycles. The lowest BCUT2D eigenvalue weighted by Gasteiger charge is -2.17. The second-order valence-electron chi connectivity index (χ2n) is 3.32. The third kappa shape index (κ3) is 1.36. The fourth-order valence-electron chi connectivity index (χ4n) is 1.70. The summed E-state index contributed by atoms with van der Waals surface area (Å²) in [5.41, 5.74) is 5.68. The van der Waals surface area contributed by atoms with Gasteiger partial charge < -0.3 is 10.6 Å². The number of amides is 1. The van der Waals surface area contributed by atoms with E-state index in [0.29, 0.717) is 0 Å². The topological polar surface area (TPSA) is 46.3 Å². The zero-order valence-corrected chi connectivity index (χ0v) is 8.25. The first-order valence-corrected chi connectivity index (χ1v) is 5.14. The summed E-state index contributed by atoms with van der Waals surface area (Å²) < 4.78 is 0. The molecule has 13 heavy (non-hydrogen) atoms. The molecule has 0 radical (unpaired) electrons. The number of likely N-dealkylation sites (N-methyl/N-ethyl adjacent to an activating group) is 1. The van der Waals surface area contributed by atoms with Crippen LogP contribution in [-0.2, 0) is 4.79 Å². The van der Waals surface area contributed by atoms with Gasteiger partial charge in [0.2, 0.25) is 5.91 Å². The quantitative estimate of drug-likeness (QED) is 0.727. The Bertz CT molecular complexity index is 309. The van der Waals surface area contributed by atoms with Crippen molar-refractivity contribution in [3.63, 3.8) is 0 Å². The number of carbonyl (C=O) groups excluding carboxylic acids is 1. The highest BCUT2D eigenvalue weighted by Gasteiger charge is 2.35. The number of nitrogens with zero attached hydrogens (tertiary/aromatic N) is 1. The summed E-state index contributed by atoms with van der Waals surface area (Å²) in [7, 11) is 1.82. The van der Waals surface area contributed by atoms with Crippen LogP contribution < -0.4 is 5.73 Å². The minimum absolute atomic E-state index is 0.0541. The molecule has 1 fully saturated rings. The summed E-state index contributed by atoms with van der Waals surface area (Å²) in [6, 6.07) is 3.94. The van der Waals surface area contributed by atoms with Crippen molar-refractivity contribution in [3.05, 3.63) is 22.4 Å². The predicted molar refractivity (Wildman–Crippen MR) is 52.4 cm³/mol. The van der Waals surface area contributed by atoms with Crippen LogP contribution in [0.2, 0.25) is 0 Å². The molecule has 2 N–H and O–H groups in total. The predicted octanol–water partition coefficient (Wildman–Crippen LogP) is 0.979. The SMILES string of the molecule is CN1C(=O)[C@H](N)C[C@@H]1c1cccs1. The number of hydrogen-bond acceptors (Lipinski definition) is 3. The van der Waals surface area contributed by atoms with Crippen molar-refractivity contribution in [2.24, 2.45) is 5.73 Å². The average molecular weight is 196 g/mol. The maximum atomic E-state index is 11.4. The molecule has 70 valence electrons. The Morgan fingerprint density at radius 1 is 1.69 bits per heavy atom. The molecule has 2 heterocycles. The zero-order chi connectivity index (χ0) is 9.42. The van der Waals surface area contributed by atoms with Crippen molar-refractivity contribution in [3.8, 4) is 0 Å². The molecule has 2 atom stereocenters. The van der Waals surface area contributed by atoms with Crippen molar-refractivity contribution in [2.45, 2.75) is 18.5 Å². The lowest BCUT2D eigenvalue weighted by Crippen LogP contribution is -2.31. The lowest BCUT2D eigenvalue weighted by atomic mass is 10.1. The number of nitrogens with two attached hydrogens (primary N) is 1. The van der Waals surface area contributed by atoms with Gasteiger partial charge in [0.1, 0.15) is 0 Å². The van der Waals surface area contributed by atoms with Crippen LogP contribution in [0, 0.1) is 0 Å². The molecule has 0 spiro atoms. The van der Waals surface area contributed by atoms with Crippen LogP contribution in [0.1, 0.15) is 17.3 Å². The van der Waals surface area contributed by atoms with E-state index in [-0.39, 0.29) is 18.0 Å². The minimum Gasteiger partial charge on any atom is -0.336 e. The number of likely N-dealkylation sites (tertiary alicyclic amines) is 1. The number of thiophene rings is 1. The molecular formula is C9H12N2OS. The van der Waals surface area contributed by atoms with Gasteiger partial charge in [-0.25, -0.2) is 0 Å². The monoisotopic (exact) mass is 196 g/mol. The fraction of sp³-hybridized carbons (Fsp3) is 0.444. The normalized spacial score (nSPS) is 28.5. The molecule has 3 nitrogen and oxygen atoms in total. The summed E-state index contributed by atoms with van der Waals surface area (Å²) in [5, 5.41) is 2.03. The highest BCUT2D eigenvalue weighted by Crippen LogP contribution is 2.33. The Kier molecular flexibility index (Phi) is 2.09. The van der Waals surface area contributed by atoms with E-state index in [1.807, 2.05) is 18.5 Å². The molecule has 1 aliphatic heterocycles. The third-order valence-corrected chi connectivity index (χ3v) is 3.45. The van der Waals surface area contributed by atoms with Crippen molar-refractivity contribution in [1.82, 2.24) is 4.90 Å². The Balaban J connectivity index is 2.23. The molecule has 4 heteroatoms. The van der Waals surface area contributed by atoms with Gasteiger partial charge >= 0.3 is 0 Å². The van der Waals surface area contributed by atoms with Crippen LogP contribution in [0.3, 0.4) is 0 Å². The average Bonchev–Trinajstić information content (AvgIpc) is 2.70. The van der Waals surface area contributed by atoms with Gasteiger partial charge in [0.25, 0.3) is 0 Å². The van der Waals surface area contributed by atoms with E-state index >= 15 is 0 Å². The van der Waals surface area contributed by atoms with Crippen LogP contribution in [0.4, 0.5) is 0 Å². The lowest BCUT2D eigenvalue weighted by molar-refractivity contribution is -0.128. The molecule has 1 aromatic heterocycles. The Morgan fingerprint density at radius 3 is 2.92 bits per heavy atom. The van der Waals surface area contributed by atoms with Gasteiger partial charge in [-0.3, -0.25) is 4.79 Å². The second kappa shape index (κ2) is 3.12. The molecule has 0 saturated carbocycles. The van der Waals surface area contributed by atoms with Crippen LogP contribution in [0.15, 0.2) is 17.5 Å². The molecule has 1 amide bonds. The molecule has 0 bridgehead atoms. The van der Waals surface area contributed by atoms with Crippen LogP contribution in [-0.4, -0.2) is 23.9 Å². The van der Waals surface area contributed by atoms with E-state index in [2.05, 4.69) is 6.07 Å². The van der Waals surface area contributed by atoms with E-state index in [9.17, 15) is 4.79 Å². The van der Waals surface area contributed by atoms with E-state index in [1.165, 1.54) is 4.88 Å². The summed E-state index contributed by atoms with van der Waals surface area (Å²) in [4.78, 5) is 14.4.